The lowest BCUT2D eigenvalue weighted by Crippen LogP contribution is -2.22. The number of rotatable bonds is 5. The zero-order valence-corrected chi connectivity index (χ0v) is 12.5. The summed E-state index contributed by atoms with van der Waals surface area (Å²) in [5.74, 6) is 0.783. The second-order valence-electron chi connectivity index (χ2n) is 4.52. The van der Waals surface area contributed by atoms with Gasteiger partial charge in [-0.3, -0.25) is 0 Å². The molecule has 3 aromatic heterocycles. The number of nitrogens with one attached hydrogen (secondary N) is 2. The summed E-state index contributed by atoms with van der Waals surface area (Å²) in [6.45, 7) is 2.14. The van der Waals surface area contributed by atoms with Crippen LogP contribution in [0.25, 0.3) is 11.2 Å². The molecule has 2 N–H and O–H groups in total. The van der Waals surface area contributed by atoms with Crippen molar-refractivity contribution in [3.63, 3.8) is 0 Å². The lowest BCUT2D eigenvalue weighted by atomic mass is 10.1. The molecule has 0 aromatic carbocycles. The first-order chi connectivity index (χ1) is 9.78. The van der Waals surface area contributed by atoms with Gasteiger partial charge in [-0.2, -0.15) is 11.3 Å². The van der Waals surface area contributed by atoms with Crippen LogP contribution in [0.3, 0.4) is 0 Å². The smallest absolute Gasteiger partial charge is 0.182 e. The van der Waals surface area contributed by atoms with Gasteiger partial charge in [0.25, 0.3) is 0 Å². The summed E-state index contributed by atoms with van der Waals surface area (Å²) in [6, 6.07) is 0.267. The van der Waals surface area contributed by atoms with Crippen LogP contribution >= 0.6 is 22.9 Å². The topological polar surface area (TPSA) is 66.5 Å². The molecule has 0 fully saturated rings. The van der Waals surface area contributed by atoms with Crippen molar-refractivity contribution in [2.75, 3.05) is 5.32 Å². The quantitative estimate of drug-likeness (QED) is 0.757. The average Bonchev–Trinajstić information content (AvgIpc) is 3.08. The Hall–Kier alpha value is -1.66. The summed E-state index contributed by atoms with van der Waals surface area (Å²) < 4.78 is 0. The number of halogens is 1. The van der Waals surface area contributed by atoms with E-state index >= 15 is 0 Å². The molecule has 20 heavy (non-hydrogen) atoms. The Morgan fingerprint density at radius 3 is 3.00 bits per heavy atom. The van der Waals surface area contributed by atoms with Crippen molar-refractivity contribution in [1.29, 1.82) is 0 Å². The Kier molecular flexibility index (Phi) is 3.84. The van der Waals surface area contributed by atoms with Gasteiger partial charge >= 0.3 is 0 Å². The fraction of sp³-hybridized carbons (Fsp3) is 0.308. The van der Waals surface area contributed by atoms with Crippen LogP contribution in [0.4, 0.5) is 5.82 Å². The van der Waals surface area contributed by atoms with Crippen molar-refractivity contribution in [2.45, 2.75) is 25.8 Å². The van der Waals surface area contributed by atoms with Gasteiger partial charge in [0.2, 0.25) is 0 Å². The van der Waals surface area contributed by atoms with E-state index in [1.54, 1.807) is 17.7 Å². The molecule has 104 valence electrons. The normalized spacial score (nSPS) is 12.7. The number of aromatic amines is 1. The molecule has 3 rings (SSSR count). The Balaban J connectivity index is 1.81. The van der Waals surface area contributed by atoms with Crippen LogP contribution in [-0.2, 0) is 6.42 Å². The van der Waals surface area contributed by atoms with Crippen molar-refractivity contribution < 1.29 is 0 Å². The molecule has 0 saturated heterocycles. The molecule has 7 heteroatoms. The minimum Gasteiger partial charge on any atom is -0.365 e. The number of hydrogen-bond acceptors (Lipinski definition) is 5. The number of hydrogen-bond donors (Lipinski definition) is 2. The average molecular weight is 308 g/mol. The Labute approximate surface area is 125 Å². The predicted octanol–water partition coefficient (Wildman–Crippen LogP) is 3.50. The van der Waals surface area contributed by atoms with E-state index in [2.05, 4.69) is 37.6 Å². The molecule has 0 amide bonds. The molecule has 0 bridgehead atoms. The first kappa shape index (κ1) is 13.3. The molecule has 5 nitrogen and oxygen atoms in total. The van der Waals surface area contributed by atoms with Gasteiger partial charge in [0.05, 0.1) is 11.3 Å². The van der Waals surface area contributed by atoms with Crippen LogP contribution in [0.15, 0.2) is 23.4 Å². The third-order valence-electron chi connectivity index (χ3n) is 3.21. The molecule has 0 aliphatic heterocycles. The number of nitrogens with zero attached hydrogens (tertiary/aromatic N) is 3. The summed E-state index contributed by atoms with van der Waals surface area (Å²) >= 11 is 7.79. The number of thiophene rings is 1. The maximum atomic E-state index is 6.16. The molecular formula is C13H14ClN5S. The van der Waals surface area contributed by atoms with E-state index in [0.29, 0.717) is 5.65 Å². The van der Waals surface area contributed by atoms with Crippen LogP contribution in [0.2, 0.25) is 5.02 Å². The van der Waals surface area contributed by atoms with Crippen LogP contribution < -0.4 is 5.32 Å². The van der Waals surface area contributed by atoms with Gasteiger partial charge in [0.1, 0.15) is 11.8 Å². The number of anilines is 1. The molecule has 0 unspecified atom stereocenters. The third-order valence-corrected chi connectivity index (χ3v) is 4.49. The highest BCUT2D eigenvalue weighted by molar-refractivity contribution is 7.08. The van der Waals surface area contributed by atoms with E-state index in [4.69, 9.17) is 11.6 Å². The number of aromatic nitrogens is 4. The summed E-state index contributed by atoms with van der Waals surface area (Å²) in [5, 5.41) is 8.34. The number of H-pyrrole nitrogens is 1. The first-order valence-corrected chi connectivity index (χ1v) is 7.71. The van der Waals surface area contributed by atoms with Crippen molar-refractivity contribution in [2.24, 2.45) is 0 Å². The minimum atomic E-state index is 0.267. The van der Waals surface area contributed by atoms with Crippen molar-refractivity contribution in [3.8, 4) is 0 Å². The van der Waals surface area contributed by atoms with Gasteiger partial charge in [-0.15, -0.1) is 0 Å². The lowest BCUT2D eigenvalue weighted by molar-refractivity contribution is 0.689. The van der Waals surface area contributed by atoms with Crippen LogP contribution in [0.1, 0.15) is 18.9 Å². The first-order valence-electron chi connectivity index (χ1n) is 6.39. The third kappa shape index (κ3) is 2.62. The van der Waals surface area contributed by atoms with Crippen LogP contribution in [-0.4, -0.2) is 26.0 Å². The molecule has 0 radical (unpaired) electrons. The largest absolute Gasteiger partial charge is 0.365 e. The van der Waals surface area contributed by atoms with Gasteiger partial charge in [-0.05, 0) is 23.8 Å². The van der Waals surface area contributed by atoms with E-state index in [1.165, 1.54) is 11.9 Å². The molecule has 0 aliphatic carbocycles. The molecule has 0 spiro atoms. The monoisotopic (exact) mass is 307 g/mol. The molecule has 0 aliphatic rings. The fourth-order valence-corrected chi connectivity index (χ4v) is 3.16. The van der Waals surface area contributed by atoms with Gasteiger partial charge in [-0.1, -0.05) is 18.5 Å². The Morgan fingerprint density at radius 1 is 1.35 bits per heavy atom. The second kappa shape index (κ2) is 5.76. The van der Waals surface area contributed by atoms with E-state index in [-0.39, 0.29) is 6.04 Å². The van der Waals surface area contributed by atoms with E-state index in [9.17, 15) is 0 Å². The van der Waals surface area contributed by atoms with Crippen LogP contribution in [0.5, 0.6) is 0 Å². The summed E-state index contributed by atoms with van der Waals surface area (Å²) in [4.78, 5) is 15.6. The Bertz CT molecular complexity index is 707. The maximum Gasteiger partial charge on any atom is 0.182 e. The second-order valence-corrected chi connectivity index (χ2v) is 5.67. The van der Waals surface area contributed by atoms with Crippen molar-refractivity contribution in [3.05, 3.63) is 34.0 Å². The highest BCUT2D eigenvalue weighted by Crippen LogP contribution is 2.24. The SMILES string of the molecule is CC[C@H](Cc1cscc1Cl)Nc1ncnc2nc[nH]c12. The summed E-state index contributed by atoms with van der Waals surface area (Å²) in [7, 11) is 0. The minimum absolute atomic E-state index is 0.267. The Morgan fingerprint density at radius 2 is 2.25 bits per heavy atom. The van der Waals surface area contributed by atoms with E-state index in [0.717, 1.165) is 29.2 Å². The molecule has 0 saturated carbocycles. The van der Waals surface area contributed by atoms with Gasteiger partial charge in [0, 0.05) is 11.4 Å². The van der Waals surface area contributed by atoms with Gasteiger partial charge in [0.15, 0.2) is 11.5 Å². The zero-order valence-electron chi connectivity index (χ0n) is 10.9. The number of fused-ring (bicyclic) bond motifs is 1. The maximum absolute atomic E-state index is 6.16. The summed E-state index contributed by atoms with van der Waals surface area (Å²) in [6.07, 6.45) is 5.00. The van der Waals surface area contributed by atoms with Crippen LogP contribution in [0, 0.1) is 0 Å². The predicted molar refractivity (Wildman–Crippen MR) is 82.4 cm³/mol. The standard InChI is InChI=1S/C13H14ClN5S/c1-2-9(3-8-4-20-5-10(8)14)19-13-11-12(16-6-15-11)17-7-18-13/h4-7,9H,2-3H2,1H3,(H2,15,16,17,18,19)/t9-/m1/s1. The highest BCUT2D eigenvalue weighted by atomic mass is 35.5. The van der Waals surface area contributed by atoms with Gasteiger partial charge in [-0.25, -0.2) is 15.0 Å². The molecular weight excluding hydrogens is 294 g/mol. The highest BCUT2D eigenvalue weighted by Gasteiger charge is 2.13. The van der Waals surface area contributed by atoms with Crippen molar-refractivity contribution >= 4 is 39.9 Å². The molecule has 1 atom stereocenters. The molecule has 3 aromatic rings. The van der Waals surface area contributed by atoms with Crippen molar-refractivity contribution in [1.82, 2.24) is 19.9 Å². The molecule has 3 heterocycles. The lowest BCUT2D eigenvalue weighted by Gasteiger charge is -2.17. The van der Waals surface area contributed by atoms with E-state index in [1.807, 2.05) is 5.38 Å². The zero-order chi connectivity index (χ0) is 13.9. The van der Waals surface area contributed by atoms with E-state index < -0.39 is 0 Å². The fourth-order valence-electron chi connectivity index (χ4n) is 2.08. The summed E-state index contributed by atoms with van der Waals surface area (Å²) in [5.41, 5.74) is 2.68. The number of imidazole rings is 1. The van der Waals surface area contributed by atoms with Gasteiger partial charge < -0.3 is 10.3 Å².